The summed E-state index contributed by atoms with van der Waals surface area (Å²) in [5, 5.41) is 16.7. The zero-order chi connectivity index (χ0) is 13.1. The van der Waals surface area contributed by atoms with Gasteiger partial charge in [0.2, 0.25) is 5.82 Å². The molecule has 0 aliphatic rings. The minimum Gasteiger partial charge on any atom is -0.359 e. The van der Waals surface area contributed by atoms with Crippen molar-refractivity contribution >= 4 is 34.4 Å². The average Bonchev–Trinajstić information content (AvgIpc) is 2.72. The molecule has 0 atom stereocenters. The molecule has 0 bridgehead atoms. The Hall–Kier alpha value is -1.73. The van der Waals surface area contributed by atoms with E-state index in [1.807, 2.05) is 12.3 Å². The fourth-order valence-electron chi connectivity index (χ4n) is 1.37. The Morgan fingerprint density at radius 1 is 1.50 bits per heavy atom. The first kappa shape index (κ1) is 12.7. The molecule has 1 N–H and O–H groups in total. The Morgan fingerprint density at radius 3 is 2.89 bits per heavy atom. The van der Waals surface area contributed by atoms with Crippen LogP contribution in [0.1, 0.15) is 10.7 Å². The van der Waals surface area contributed by atoms with E-state index in [1.54, 1.807) is 0 Å². The molecular formula is C10H9ClN4O2S. The second kappa shape index (κ2) is 5.28. The van der Waals surface area contributed by atoms with Crippen LogP contribution >= 0.6 is 22.9 Å². The standard InChI is InChI=1S/C10H9ClN4O2S/c1-6-13-7(5-18-6)4-12-10-8(15(16)17)2-3-9(11)14-10/h2-3,5H,4H2,1H3,(H,12,14). The number of rotatable bonds is 4. The van der Waals surface area contributed by atoms with E-state index in [4.69, 9.17) is 11.6 Å². The number of aryl methyl sites for hydroxylation is 1. The minimum absolute atomic E-state index is 0.105. The van der Waals surface area contributed by atoms with E-state index in [2.05, 4.69) is 15.3 Å². The molecule has 2 rings (SSSR count). The normalized spacial score (nSPS) is 10.3. The van der Waals surface area contributed by atoms with Gasteiger partial charge in [0, 0.05) is 11.4 Å². The van der Waals surface area contributed by atoms with Gasteiger partial charge in [-0.2, -0.15) is 0 Å². The van der Waals surface area contributed by atoms with Crippen molar-refractivity contribution in [2.24, 2.45) is 0 Å². The Morgan fingerprint density at radius 2 is 2.28 bits per heavy atom. The zero-order valence-electron chi connectivity index (χ0n) is 9.38. The molecule has 6 nitrogen and oxygen atoms in total. The first-order chi connectivity index (χ1) is 8.56. The van der Waals surface area contributed by atoms with Crippen molar-refractivity contribution in [2.75, 3.05) is 5.32 Å². The number of aromatic nitrogens is 2. The van der Waals surface area contributed by atoms with Crippen LogP contribution in [0.5, 0.6) is 0 Å². The molecule has 18 heavy (non-hydrogen) atoms. The van der Waals surface area contributed by atoms with Gasteiger partial charge in [-0.15, -0.1) is 11.3 Å². The second-order valence-corrected chi connectivity index (χ2v) is 4.92. The second-order valence-electron chi connectivity index (χ2n) is 3.47. The van der Waals surface area contributed by atoms with Gasteiger partial charge in [0.25, 0.3) is 0 Å². The summed E-state index contributed by atoms with van der Waals surface area (Å²) in [5.41, 5.74) is 0.708. The van der Waals surface area contributed by atoms with Crippen molar-refractivity contribution in [1.29, 1.82) is 0 Å². The van der Waals surface area contributed by atoms with Gasteiger partial charge in [-0.25, -0.2) is 9.97 Å². The lowest BCUT2D eigenvalue weighted by molar-refractivity contribution is -0.384. The largest absolute Gasteiger partial charge is 0.359 e. The highest BCUT2D eigenvalue weighted by molar-refractivity contribution is 7.09. The van der Waals surface area contributed by atoms with Crippen LogP contribution in [-0.4, -0.2) is 14.9 Å². The van der Waals surface area contributed by atoms with E-state index in [0.717, 1.165) is 10.7 Å². The lowest BCUT2D eigenvalue weighted by Crippen LogP contribution is -2.05. The highest BCUT2D eigenvalue weighted by Crippen LogP contribution is 2.24. The third-order valence-electron chi connectivity index (χ3n) is 2.14. The number of thiazole rings is 1. The molecule has 2 heterocycles. The summed E-state index contributed by atoms with van der Waals surface area (Å²) < 4.78 is 0. The first-order valence-corrected chi connectivity index (χ1v) is 6.28. The van der Waals surface area contributed by atoms with Crippen molar-refractivity contribution in [1.82, 2.24) is 9.97 Å². The van der Waals surface area contributed by atoms with Crippen LogP contribution in [0, 0.1) is 17.0 Å². The maximum atomic E-state index is 10.8. The summed E-state index contributed by atoms with van der Waals surface area (Å²) in [6.45, 7) is 2.27. The van der Waals surface area contributed by atoms with Gasteiger partial charge in [0.1, 0.15) is 5.15 Å². The van der Waals surface area contributed by atoms with E-state index in [-0.39, 0.29) is 16.7 Å². The Balaban J connectivity index is 2.17. The molecule has 0 aliphatic heterocycles. The SMILES string of the molecule is Cc1nc(CNc2nc(Cl)ccc2[N+](=O)[O-])cs1. The molecule has 0 spiro atoms. The molecular weight excluding hydrogens is 276 g/mol. The fraction of sp³-hybridized carbons (Fsp3) is 0.200. The predicted molar refractivity (Wildman–Crippen MR) is 70.1 cm³/mol. The van der Waals surface area contributed by atoms with Gasteiger partial charge < -0.3 is 5.32 Å². The third kappa shape index (κ3) is 2.93. The van der Waals surface area contributed by atoms with Crippen molar-refractivity contribution in [3.05, 3.63) is 43.5 Å². The Kier molecular flexibility index (Phi) is 3.73. The summed E-state index contributed by atoms with van der Waals surface area (Å²) in [7, 11) is 0. The van der Waals surface area contributed by atoms with E-state index < -0.39 is 4.92 Å². The zero-order valence-corrected chi connectivity index (χ0v) is 11.0. The quantitative estimate of drug-likeness (QED) is 0.530. The minimum atomic E-state index is -0.502. The van der Waals surface area contributed by atoms with Crippen molar-refractivity contribution < 1.29 is 4.92 Å². The predicted octanol–water partition coefficient (Wildman–Crippen LogP) is 3.02. The number of nitrogens with zero attached hydrogens (tertiary/aromatic N) is 3. The van der Waals surface area contributed by atoms with Gasteiger partial charge in [0.05, 0.1) is 22.2 Å². The van der Waals surface area contributed by atoms with Crippen LogP contribution in [-0.2, 0) is 6.54 Å². The monoisotopic (exact) mass is 284 g/mol. The topological polar surface area (TPSA) is 81.0 Å². The molecule has 94 valence electrons. The Bertz CT molecular complexity index is 587. The van der Waals surface area contributed by atoms with Gasteiger partial charge >= 0.3 is 5.69 Å². The number of halogens is 1. The van der Waals surface area contributed by atoms with Crippen LogP contribution in [0.25, 0.3) is 0 Å². The number of hydrogen-bond acceptors (Lipinski definition) is 6. The summed E-state index contributed by atoms with van der Waals surface area (Å²) in [4.78, 5) is 18.5. The summed E-state index contributed by atoms with van der Waals surface area (Å²) in [6, 6.07) is 2.71. The first-order valence-electron chi connectivity index (χ1n) is 5.02. The van der Waals surface area contributed by atoms with Crippen LogP contribution in [0.4, 0.5) is 11.5 Å². The molecule has 0 radical (unpaired) electrons. The molecule has 0 saturated heterocycles. The highest BCUT2D eigenvalue weighted by Gasteiger charge is 2.15. The van der Waals surface area contributed by atoms with E-state index in [1.165, 1.54) is 23.5 Å². The van der Waals surface area contributed by atoms with E-state index >= 15 is 0 Å². The van der Waals surface area contributed by atoms with Crippen molar-refractivity contribution in [2.45, 2.75) is 13.5 Å². The molecule has 8 heteroatoms. The highest BCUT2D eigenvalue weighted by atomic mass is 35.5. The molecule has 0 amide bonds. The van der Waals surface area contributed by atoms with Crippen molar-refractivity contribution in [3.8, 4) is 0 Å². The van der Waals surface area contributed by atoms with Gasteiger partial charge in [0.15, 0.2) is 0 Å². The average molecular weight is 285 g/mol. The molecule has 2 aromatic rings. The van der Waals surface area contributed by atoms with Crippen LogP contribution in [0.15, 0.2) is 17.5 Å². The molecule has 0 unspecified atom stereocenters. The van der Waals surface area contributed by atoms with Crippen LogP contribution in [0.2, 0.25) is 5.15 Å². The van der Waals surface area contributed by atoms with Crippen molar-refractivity contribution in [3.63, 3.8) is 0 Å². The molecule has 2 aromatic heterocycles. The van der Waals surface area contributed by atoms with Gasteiger partial charge in [-0.1, -0.05) is 11.6 Å². The lowest BCUT2D eigenvalue weighted by atomic mass is 10.4. The fourth-order valence-corrected chi connectivity index (χ4v) is 2.13. The van der Waals surface area contributed by atoms with E-state index in [9.17, 15) is 10.1 Å². The smallest absolute Gasteiger partial charge is 0.311 e. The molecule has 0 saturated carbocycles. The number of nitro groups is 1. The Labute approximate surface area is 112 Å². The summed E-state index contributed by atoms with van der Waals surface area (Å²) >= 11 is 7.24. The van der Waals surface area contributed by atoms with E-state index in [0.29, 0.717) is 6.54 Å². The van der Waals surface area contributed by atoms with Gasteiger partial charge in [-0.3, -0.25) is 10.1 Å². The lowest BCUT2D eigenvalue weighted by Gasteiger charge is -2.04. The summed E-state index contributed by atoms with van der Waals surface area (Å²) in [5.74, 6) is 0.151. The molecule has 0 aromatic carbocycles. The maximum Gasteiger partial charge on any atom is 0.311 e. The summed E-state index contributed by atoms with van der Waals surface area (Å²) in [6.07, 6.45) is 0. The van der Waals surface area contributed by atoms with Crippen LogP contribution in [0.3, 0.4) is 0 Å². The number of nitrogens with one attached hydrogen (secondary N) is 1. The van der Waals surface area contributed by atoms with Crippen LogP contribution < -0.4 is 5.32 Å². The molecule has 0 aliphatic carbocycles. The number of anilines is 1. The third-order valence-corrected chi connectivity index (χ3v) is 3.17. The maximum absolute atomic E-state index is 10.8. The van der Waals surface area contributed by atoms with Gasteiger partial charge in [-0.05, 0) is 13.0 Å². The number of hydrogen-bond donors (Lipinski definition) is 1. The number of pyridine rings is 1. The molecule has 0 fully saturated rings.